The molecule has 104 valence electrons. The SMILES string of the molecule is CC.CC.CC.CC.CCC.CO.CO. The van der Waals surface area contributed by atoms with Crippen molar-refractivity contribution in [3.05, 3.63) is 0 Å². The van der Waals surface area contributed by atoms with Gasteiger partial charge in [0, 0.05) is 14.2 Å². The molecule has 0 heterocycles. The van der Waals surface area contributed by atoms with Gasteiger partial charge >= 0.3 is 0 Å². The normalized spacial score (nSPS) is 3.60. The summed E-state index contributed by atoms with van der Waals surface area (Å²) >= 11 is 0. The zero-order valence-electron chi connectivity index (χ0n) is 13.6. The van der Waals surface area contributed by atoms with Gasteiger partial charge in [0.2, 0.25) is 0 Å². The molecule has 2 N–H and O–H groups in total. The summed E-state index contributed by atoms with van der Waals surface area (Å²) in [6.45, 7) is 20.2. The lowest BCUT2D eigenvalue weighted by Crippen LogP contribution is -1.27. The van der Waals surface area contributed by atoms with Crippen molar-refractivity contribution in [3.8, 4) is 0 Å². The Morgan fingerprint density at radius 3 is 0.467 bits per heavy atom. The second-order valence-electron chi connectivity index (χ2n) is 0.707. The van der Waals surface area contributed by atoms with Gasteiger partial charge in [-0.2, -0.15) is 0 Å². The molecule has 0 bridgehead atoms. The highest BCUT2D eigenvalue weighted by Gasteiger charge is 1.35. The van der Waals surface area contributed by atoms with E-state index in [-0.39, 0.29) is 0 Å². The summed E-state index contributed by atoms with van der Waals surface area (Å²) in [5.41, 5.74) is 0. The average Bonchev–Trinajstić information content (AvgIpc) is 2.44. The lowest BCUT2D eigenvalue weighted by Gasteiger charge is -1.48. The minimum atomic E-state index is 1.00. The van der Waals surface area contributed by atoms with Gasteiger partial charge in [-0.15, -0.1) is 0 Å². The molecule has 0 saturated carbocycles. The summed E-state index contributed by atoms with van der Waals surface area (Å²) in [6, 6.07) is 0. The van der Waals surface area contributed by atoms with Crippen molar-refractivity contribution in [2.24, 2.45) is 0 Å². The lowest BCUT2D eigenvalue weighted by atomic mass is 10.6. The van der Waals surface area contributed by atoms with E-state index in [1.165, 1.54) is 6.42 Å². The summed E-state index contributed by atoms with van der Waals surface area (Å²) in [5.74, 6) is 0. The van der Waals surface area contributed by atoms with Gasteiger partial charge < -0.3 is 10.2 Å². The van der Waals surface area contributed by atoms with Crippen LogP contribution >= 0.6 is 0 Å². The van der Waals surface area contributed by atoms with E-state index in [2.05, 4.69) is 13.8 Å². The molecule has 15 heavy (non-hydrogen) atoms. The van der Waals surface area contributed by atoms with Gasteiger partial charge in [0.1, 0.15) is 0 Å². The van der Waals surface area contributed by atoms with Gasteiger partial charge in [0.15, 0.2) is 0 Å². The summed E-state index contributed by atoms with van der Waals surface area (Å²) in [7, 11) is 2.00. The minimum absolute atomic E-state index is 1.00. The van der Waals surface area contributed by atoms with Gasteiger partial charge in [-0.3, -0.25) is 0 Å². The standard InChI is InChI=1S/C3H8.4C2H6.2CH4O/c1-3-2;6*1-2/h3H2,1-2H3;4*1-2H3;2*2H,1H3. The summed E-state index contributed by atoms with van der Waals surface area (Å²) in [6.07, 6.45) is 1.25. The van der Waals surface area contributed by atoms with Crippen LogP contribution in [0.5, 0.6) is 0 Å². The second-order valence-corrected chi connectivity index (χ2v) is 0.707. The number of rotatable bonds is 0. The summed E-state index contributed by atoms with van der Waals surface area (Å²) in [4.78, 5) is 0. The van der Waals surface area contributed by atoms with Crippen LogP contribution in [0.15, 0.2) is 0 Å². The highest BCUT2D eigenvalue weighted by molar-refractivity contribution is 3.92. The maximum absolute atomic E-state index is 7.00. The average molecular weight is 228 g/mol. The van der Waals surface area contributed by atoms with E-state index in [9.17, 15) is 0 Å². The Balaban J connectivity index is -0.0000000101. The van der Waals surface area contributed by atoms with Gasteiger partial charge in [-0.05, 0) is 0 Å². The smallest absolute Gasteiger partial charge is 0.0319 e. The lowest BCUT2D eigenvalue weighted by molar-refractivity contribution is 0.399. The molecule has 0 aliphatic heterocycles. The fraction of sp³-hybridized carbons (Fsp3) is 1.00. The molecule has 0 fully saturated rings. The molecule has 0 aliphatic carbocycles. The zero-order valence-corrected chi connectivity index (χ0v) is 13.6. The quantitative estimate of drug-likeness (QED) is 0.629. The van der Waals surface area contributed by atoms with E-state index in [1.807, 2.05) is 55.4 Å². The number of aliphatic hydroxyl groups is 2. The Morgan fingerprint density at radius 1 is 0.467 bits per heavy atom. The van der Waals surface area contributed by atoms with E-state index < -0.39 is 0 Å². The third kappa shape index (κ3) is 309000. The van der Waals surface area contributed by atoms with Crippen molar-refractivity contribution in [3.63, 3.8) is 0 Å². The molecule has 0 spiro atoms. The van der Waals surface area contributed by atoms with Crippen LogP contribution in [0.3, 0.4) is 0 Å². The first kappa shape index (κ1) is 46.1. The maximum Gasteiger partial charge on any atom is 0.0319 e. The predicted molar refractivity (Wildman–Crippen MR) is 77.6 cm³/mol. The van der Waals surface area contributed by atoms with Crippen molar-refractivity contribution in [2.45, 2.75) is 75.7 Å². The molecule has 0 rings (SSSR count). The van der Waals surface area contributed by atoms with Crippen LogP contribution in [0.1, 0.15) is 75.7 Å². The molecule has 0 aromatic rings. The zero-order chi connectivity index (χ0) is 14.7. The fourth-order valence-electron chi connectivity index (χ4n) is 0. The Kier molecular flexibility index (Phi) is 8440. The highest BCUT2D eigenvalue weighted by atomic mass is 16.2. The molecule has 0 aromatic carbocycles. The van der Waals surface area contributed by atoms with Crippen LogP contribution in [0.25, 0.3) is 0 Å². The van der Waals surface area contributed by atoms with Crippen molar-refractivity contribution < 1.29 is 10.2 Å². The van der Waals surface area contributed by atoms with Crippen LogP contribution in [0.2, 0.25) is 0 Å². The third-order valence-electron chi connectivity index (χ3n) is 0. The molecule has 0 radical (unpaired) electrons. The minimum Gasteiger partial charge on any atom is -0.400 e. The van der Waals surface area contributed by atoms with Crippen molar-refractivity contribution in [2.75, 3.05) is 14.2 Å². The molecule has 0 saturated heterocycles. The highest BCUT2D eigenvalue weighted by Crippen LogP contribution is 1.56. The molecule has 0 atom stereocenters. The van der Waals surface area contributed by atoms with Crippen LogP contribution in [-0.2, 0) is 0 Å². The van der Waals surface area contributed by atoms with Gasteiger partial charge in [0.25, 0.3) is 0 Å². The fourth-order valence-corrected chi connectivity index (χ4v) is 0. The maximum atomic E-state index is 7.00. The monoisotopic (exact) mass is 228 g/mol. The van der Waals surface area contributed by atoms with E-state index in [1.54, 1.807) is 0 Å². The Bertz CT molecular complexity index is 8.50. The van der Waals surface area contributed by atoms with Gasteiger partial charge in [0.05, 0.1) is 0 Å². The molecule has 0 aliphatic rings. The van der Waals surface area contributed by atoms with Gasteiger partial charge in [-0.1, -0.05) is 75.7 Å². The van der Waals surface area contributed by atoms with E-state index >= 15 is 0 Å². The molecule has 2 nitrogen and oxygen atoms in total. The molecule has 0 amide bonds. The molecular formula is C13H40O2. The molecular weight excluding hydrogens is 188 g/mol. The summed E-state index contributed by atoms with van der Waals surface area (Å²) < 4.78 is 0. The second kappa shape index (κ2) is 2750. The van der Waals surface area contributed by atoms with Crippen molar-refractivity contribution >= 4 is 0 Å². The predicted octanol–water partition coefficient (Wildman–Crippen LogP) is 4.74. The van der Waals surface area contributed by atoms with Gasteiger partial charge in [-0.25, -0.2) is 0 Å². The largest absolute Gasteiger partial charge is 0.400 e. The first-order chi connectivity index (χ1) is 7.41. The summed E-state index contributed by atoms with van der Waals surface area (Å²) in [5, 5.41) is 14.0. The van der Waals surface area contributed by atoms with Crippen LogP contribution in [0, 0.1) is 0 Å². The Morgan fingerprint density at radius 2 is 0.467 bits per heavy atom. The van der Waals surface area contributed by atoms with Crippen LogP contribution in [-0.4, -0.2) is 24.4 Å². The molecule has 0 aromatic heterocycles. The molecule has 0 unspecified atom stereocenters. The van der Waals surface area contributed by atoms with Crippen LogP contribution in [0.4, 0.5) is 0 Å². The first-order valence-corrected chi connectivity index (χ1v) is 6.31. The van der Waals surface area contributed by atoms with E-state index in [0.29, 0.717) is 0 Å². The van der Waals surface area contributed by atoms with Crippen molar-refractivity contribution in [1.82, 2.24) is 0 Å². The van der Waals surface area contributed by atoms with E-state index in [4.69, 9.17) is 10.2 Å². The van der Waals surface area contributed by atoms with Crippen LogP contribution < -0.4 is 0 Å². The number of hydrogen-bond acceptors (Lipinski definition) is 2. The van der Waals surface area contributed by atoms with E-state index in [0.717, 1.165) is 14.2 Å². The topological polar surface area (TPSA) is 40.5 Å². The third-order valence-corrected chi connectivity index (χ3v) is 0. The Hall–Kier alpha value is -0.0800. The number of aliphatic hydroxyl groups excluding tert-OH is 2. The Labute approximate surface area is 101 Å². The van der Waals surface area contributed by atoms with Crippen molar-refractivity contribution in [1.29, 1.82) is 0 Å². The molecule has 2 heteroatoms. The first-order valence-electron chi connectivity index (χ1n) is 6.31. The number of hydrogen-bond donors (Lipinski definition) is 2.